The van der Waals surface area contributed by atoms with Gasteiger partial charge in [0.05, 0.1) is 23.3 Å². The first-order chi connectivity index (χ1) is 13.0. The summed E-state index contributed by atoms with van der Waals surface area (Å²) in [6.07, 6.45) is 4.51. The van der Waals surface area contributed by atoms with Crippen molar-refractivity contribution in [2.75, 3.05) is 7.05 Å². The van der Waals surface area contributed by atoms with Crippen molar-refractivity contribution in [2.24, 2.45) is 0 Å². The molecule has 138 valence electrons. The van der Waals surface area contributed by atoms with Gasteiger partial charge in [-0.15, -0.1) is 0 Å². The lowest BCUT2D eigenvalue weighted by Crippen LogP contribution is -2.37. The first-order valence-corrected chi connectivity index (χ1v) is 9.82. The van der Waals surface area contributed by atoms with Gasteiger partial charge in [0, 0.05) is 11.5 Å². The number of carbonyl (C=O) groups excluding carboxylic acids is 1. The number of aromatic nitrogens is 2. The van der Waals surface area contributed by atoms with Crippen LogP contribution in [0.3, 0.4) is 0 Å². The van der Waals surface area contributed by atoms with Gasteiger partial charge in [-0.05, 0) is 48.6 Å². The van der Waals surface area contributed by atoms with E-state index in [1.807, 2.05) is 25.2 Å². The second-order valence-electron chi connectivity index (χ2n) is 6.95. The number of likely N-dealkylation sites (N-methyl/N-ethyl adjacent to an activating group) is 1. The molecule has 4 rings (SSSR count). The zero-order valence-corrected chi connectivity index (χ0v) is 16.6. The van der Waals surface area contributed by atoms with Gasteiger partial charge in [0.25, 0.3) is 5.56 Å². The summed E-state index contributed by atoms with van der Waals surface area (Å²) in [5, 5.41) is 0.505. The van der Waals surface area contributed by atoms with E-state index in [-0.39, 0.29) is 24.1 Å². The van der Waals surface area contributed by atoms with Crippen LogP contribution in [0.2, 0.25) is 0 Å². The molecule has 1 heterocycles. The molecule has 0 aliphatic heterocycles. The average molecular weight is 426 g/mol. The topological polar surface area (TPSA) is 55.2 Å². The van der Waals surface area contributed by atoms with Gasteiger partial charge in [-0.2, -0.15) is 0 Å². The Morgan fingerprint density at radius 2 is 2.11 bits per heavy atom. The zero-order chi connectivity index (χ0) is 19.0. The third-order valence-corrected chi connectivity index (χ3v) is 5.78. The molecule has 5 nitrogen and oxygen atoms in total. The van der Waals surface area contributed by atoms with Gasteiger partial charge in [-0.25, -0.2) is 4.98 Å². The fourth-order valence-electron chi connectivity index (χ4n) is 3.81. The van der Waals surface area contributed by atoms with Gasteiger partial charge < -0.3 is 4.90 Å². The van der Waals surface area contributed by atoms with Crippen molar-refractivity contribution in [3.8, 4) is 0 Å². The minimum Gasteiger partial charge on any atom is -0.337 e. The molecule has 1 aliphatic rings. The second kappa shape index (κ2) is 7.27. The Hall–Kier alpha value is -2.47. The summed E-state index contributed by atoms with van der Waals surface area (Å²) >= 11 is 3.38. The molecule has 1 unspecified atom stereocenters. The van der Waals surface area contributed by atoms with Crippen LogP contribution in [0.25, 0.3) is 10.9 Å². The van der Waals surface area contributed by atoms with Crippen molar-refractivity contribution in [2.45, 2.75) is 31.8 Å². The highest BCUT2D eigenvalue weighted by atomic mass is 79.9. The lowest BCUT2D eigenvalue weighted by molar-refractivity contribution is -0.133. The predicted molar refractivity (Wildman–Crippen MR) is 109 cm³/mol. The van der Waals surface area contributed by atoms with Crippen LogP contribution in [0.15, 0.2) is 58.1 Å². The Kier molecular flexibility index (Phi) is 4.83. The number of hydrogen-bond donors (Lipinski definition) is 0. The summed E-state index contributed by atoms with van der Waals surface area (Å²) in [7, 11) is 1.82. The van der Waals surface area contributed by atoms with Crippen LogP contribution in [0.5, 0.6) is 0 Å². The normalized spacial score (nSPS) is 16.1. The van der Waals surface area contributed by atoms with E-state index in [9.17, 15) is 9.59 Å². The van der Waals surface area contributed by atoms with E-state index in [1.165, 1.54) is 22.0 Å². The molecule has 0 saturated carbocycles. The number of nitrogens with zero attached hydrogens (tertiary/aromatic N) is 3. The standard InChI is InChI=1S/C21H20BrN3O2/c1-24(19-8-4-6-14-5-2-3-7-16(14)19)20(26)12-25-13-23-18-10-9-15(22)11-17(18)21(25)27/h2-3,5,7,9-11,13,19H,4,6,8,12H2,1H3. The largest absolute Gasteiger partial charge is 0.337 e. The molecule has 1 atom stereocenters. The quantitative estimate of drug-likeness (QED) is 0.642. The number of carbonyl (C=O) groups is 1. The molecule has 1 amide bonds. The monoisotopic (exact) mass is 425 g/mol. The van der Waals surface area contributed by atoms with Crippen molar-refractivity contribution in [1.29, 1.82) is 0 Å². The molecule has 0 fully saturated rings. The highest BCUT2D eigenvalue weighted by molar-refractivity contribution is 9.10. The number of rotatable bonds is 3. The van der Waals surface area contributed by atoms with Crippen LogP contribution in [-0.4, -0.2) is 27.4 Å². The number of hydrogen-bond acceptors (Lipinski definition) is 3. The minimum absolute atomic E-state index is 0.0105. The molecule has 1 aliphatic carbocycles. The van der Waals surface area contributed by atoms with Gasteiger partial charge in [0.15, 0.2) is 0 Å². The molecule has 0 spiro atoms. The highest BCUT2D eigenvalue weighted by Crippen LogP contribution is 2.33. The lowest BCUT2D eigenvalue weighted by Gasteiger charge is -2.33. The fraction of sp³-hybridized carbons (Fsp3) is 0.286. The Labute approximate surface area is 165 Å². The van der Waals surface area contributed by atoms with Crippen LogP contribution in [0.4, 0.5) is 0 Å². The summed E-state index contributed by atoms with van der Waals surface area (Å²) in [5.74, 6) is -0.0880. The average Bonchev–Trinajstić information content (AvgIpc) is 2.69. The highest BCUT2D eigenvalue weighted by Gasteiger charge is 2.26. The molecule has 2 aromatic carbocycles. The number of halogens is 1. The molecule has 0 saturated heterocycles. The number of benzene rings is 2. The van der Waals surface area contributed by atoms with Crippen LogP contribution in [-0.2, 0) is 17.8 Å². The molecule has 0 radical (unpaired) electrons. The maximum absolute atomic E-state index is 12.9. The van der Waals surface area contributed by atoms with Crippen molar-refractivity contribution >= 4 is 32.7 Å². The molecular formula is C21H20BrN3O2. The molecular weight excluding hydrogens is 406 g/mol. The van der Waals surface area contributed by atoms with Crippen molar-refractivity contribution in [3.05, 3.63) is 74.7 Å². The van der Waals surface area contributed by atoms with Gasteiger partial charge >= 0.3 is 0 Å². The summed E-state index contributed by atoms with van der Waals surface area (Å²) in [5.41, 5.74) is 2.95. The fourth-order valence-corrected chi connectivity index (χ4v) is 4.17. The molecule has 1 aromatic heterocycles. The summed E-state index contributed by atoms with van der Waals surface area (Å²) in [4.78, 5) is 31.7. The minimum atomic E-state index is -0.202. The molecule has 0 bridgehead atoms. The lowest BCUT2D eigenvalue weighted by atomic mass is 9.87. The van der Waals surface area contributed by atoms with Crippen molar-refractivity contribution in [1.82, 2.24) is 14.5 Å². The van der Waals surface area contributed by atoms with Crippen LogP contribution in [0.1, 0.15) is 30.0 Å². The van der Waals surface area contributed by atoms with Crippen LogP contribution >= 0.6 is 15.9 Å². The first kappa shape index (κ1) is 17.9. The van der Waals surface area contributed by atoms with E-state index in [2.05, 4.69) is 33.0 Å². The van der Waals surface area contributed by atoms with Gasteiger partial charge in [0.1, 0.15) is 6.54 Å². The van der Waals surface area contributed by atoms with Gasteiger partial charge in [0.2, 0.25) is 5.91 Å². The van der Waals surface area contributed by atoms with E-state index in [0.717, 1.165) is 23.7 Å². The van der Waals surface area contributed by atoms with Gasteiger partial charge in [-0.3, -0.25) is 14.2 Å². The number of fused-ring (bicyclic) bond motifs is 2. The van der Waals surface area contributed by atoms with E-state index in [1.54, 1.807) is 17.0 Å². The predicted octanol–water partition coefficient (Wildman–Crippen LogP) is 3.70. The number of aryl methyl sites for hydroxylation is 1. The Balaban J connectivity index is 1.60. The van der Waals surface area contributed by atoms with Crippen molar-refractivity contribution in [3.63, 3.8) is 0 Å². The molecule has 0 N–H and O–H groups in total. The van der Waals surface area contributed by atoms with E-state index < -0.39 is 0 Å². The zero-order valence-electron chi connectivity index (χ0n) is 15.1. The van der Waals surface area contributed by atoms with Crippen molar-refractivity contribution < 1.29 is 4.79 Å². The Bertz CT molecular complexity index is 1080. The van der Waals surface area contributed by atoms with Crippen LogP contribution < -0.4 is 5.56 Å². The Morgan fingerprint density at radius 3 is 2.96 bits per heavy atom. The molecule has 6 heteroatoms. The maximum Gasteiger partial charge on any atom is 0.261 e. The summed E-state index contributed by atoms with van der Waals surface area (Å²) < 4.78 is 2.21. The first-order valence-electron chi connectivity index (χ1n) is 9.03. The maximum atomic E-state index is 12.9. The third kappa shape index (κ3) is 3.41. The second-order valence-corrected chi connectivity index (χ2v) is 7.87. The van der Waals surface area contributed by atoms with E-state index in [0.29, 0.717) is 10.9 Å². The number of amides is 1. The molecule has 27 heavy (non-hydrogen) atoms. The smallest absolute Gasteiger partial charge is 0.261 e. The summed E-state index contributed by atoms with van der Waals surface area (Å²) in [6.45, 7) is -0.0105. The third-order valence-electron chi connectivity index (χ3n) is 5.29. The van der Waals surface area contributed by atoms with Crippen LogP contribution in [0, 0.1) is 0 Å². The SMILES string of the molecule is CN(C(=O)Cn1cnc2ccc(Br)cc2c1=O)C1CCCc2ccccc21. The Morgan fingerprint density at radius 1 is 1.30 bits per heavy atom. The summed E-state index contributed by atoms with van der Waals surface area (Å²) in [6, 6.07) is 13.7. The van der Waals surface area contributed by atoms with E-state index >= 15 is 0 Å². The van der Waals surface area contributed by atoms with E-state index in [4.69, 9.17) is 0 Å². The van der Waals surface area contributed by atoms with Gasteiger partial charge in [-0.1, -0.05) is 40.2 Å². The molecule has 3 aromatic rings.